The van der Waals surface area contributed by atoms with Crippen molar-refractivity contribution in [1.29, 1.82) is 0 Å². The summed E-state index contributed by atoms with van der Waals surface area (Å²) < 4.78 is 0. The topological polar surface area (TPSA) is 67.8 Å². The second kappa shape index (κ2) is 2.98. The molecule has 3 nitrogen and oxygen atoms in total. The molecule has 0 saturated carbocycles. The van der Waals surface area contributed by atoms with Crippen LogP contribution in [0.2, 0.25) is 0 Å². The van der Waals surface area contributed by atoms with E-state index in [9.17, 15) is 0 Å². The van der Waals surface area contributed by atoms with Crippen molar-refractivity contribution in [2.45, 2.75) is 10.5 Å². The molecule has 0 saturated heterocycles. The number of rotatable bonds is 1. The summed E-state index contributed by atoms with van der Waals surface area (Å²) in [5, 5.41) is 0. The summed E-state index contributed by atoms with van der Waals surface area (Å²) in [4.78, 5) is 2.16. The van der Waals surface area contributed by atoms with E-state index in [1.807, 2.05) is 18.3 Å². The lowest BCUT2D eigenvalue weighted by atomic mass is 9.90. The average molecular weight is 210 g/mol. The maximum Gasteiger partial charge on any atom is 0.128 e. The Hall–Kier alpha value is -1.03. The summed E-state index contributed by atoms with van der Waals surface area (Å²) in [6.07, 6.45) is 8.80. The van der Waals surface area contributed by atoms with Gasteiger partial charge in [-0.1, -0.05) is 23.8 Å². The van der Waals surface area contributed by atoms with Crippen LogP contribution < -0.4 is 11.5 Å². The minimum atomic E-state index is -0.907. The van der Waals surface area contributed by atoms with Crippen LogP contribution in [-0.2, 0) is 5.54 Å². The van der Waals surface area contributed by atoms with Crippen molar-refractivity contribution in [2.24, 2.45) is 11.5 Å². The number of halogens is 1. The Labute approximate surface area is 87.4 Å². The molecule has 0 aliphatic heterocycles. The van der Waals surface area contributed by atoms with Crippen molar-refractivity contribution in [3.8, 4) is 0 Å². The molecule has 0 atom stereocenters. The van der Waals surface area contributed by atoms with Crippen LogP contribution in [0.3, 0.4) is 0 Å². The van der Waals surface area contributed by atoms with E-state index in [1.165, 1.54) is 0 Å². The van der Waals surface area contributed by atoms with Crippen LogP contribution in [0.15, 0.2) is 42.6 Å². The van der Waals surface area contributed by atoms with Gasteiger partial charge in [-0.05, 0) is 24.3 Å². The monoisotopic (exact) mass is 209 g/mol. The summed E-state index contributed by atoms with van der Waals surface area (Å²) in [5.74, 6) is 0. The normalized spacial score (nSPS) is 36.2. The lowest BCUT2D eigenvalue weighted by Gasteiger charge is -2.27. The van der Waals surface area contributed by atoms with Crippen molar-refractivity contribution in [1.82, 2.24) is 4.98 Å². The third-order valence-corrected chi connectivity index (χ3v) is 2.55. The maximum absolute atomic E-state index is 6.13. The van der Waals surface area contributed by atoms with Crippen molar-refractivity contribution in [3.63, 3.8) is 0 Å². The molecule has 0 fully saturated rings. The van der Waals surface area contributed by atoms with Crippen molar-refractivity contribution >= 4 is 11.6 Å². The van der Waals surface area contributed by atoms with Gasteiger partial charge in [-0.15, -0.1) is 0 Å². The predicted molar refractivity (Wildman–Crippen MR) is 57.7 cm³/mol. The summed E-state index contributed by atoms with van der Waals surface area (Å²) in [6.45, 7) is 0. The molecule has 1 aromatic rings. The van der Waals surface area contributed by atoms with Gasteiger partial charge in [0.05, 0.1) is 5.54 Å². The quantitative estimate of drug-likeness (QED) is 0.370. The first-order valence-electron chi connectivity index (χ1n) is 4.33. The Morgan fingerprint density at radius 1 is 1.14 bits per heavy atom. The number of hydrogen-bond acceptors (Lipinski definition) is 2. The van der Waals surface area contributed by atoms with Crippen LogP contribution in [-0.4, -0.2) is 9.98 Å². The van der Waals surface area contributed by atoms with Gasteiger partial charge in [-0.2, -0.15) is 0 Å². The van der Waals surface area contributed by atoms with E-state index in [0.29, 0.717) is 0 Å². The molecule has 0 aromatic carbocycles. The van der Waals surface area contributed by atoms with Crippen LogP contribution in [0.1, 0.15) is 5.69 Å². The van der Waals surface area contributed by atoms with E-state index >= 15 is 0 Å². The molecule has 1 aliphatic carbocycles. The first-order chi connectivity index (χ1) is 6.52. The molecule has 1 heterocycles. The van der Waals surface area contributed by atoms with E-state index in [-0.39, 0.29) is 0 Å². The van der Waals surface area contributed by atoms with Gasteiger partial charge in [-0.25, -0.2) is 0 Å². The van der Waals surface area contributed by atoms with Crippen LogP contribution in [0.5, 0.6) is 0 Å². The van der Waals surface area contributed by atoms with E-state index in [1.54, 1.807) is 24.3 Å². The van der Waals surface area contributed by atoms with Gasteiger partial charge < -0.3 is 16.5 Å². The molecule has 14 heavy (non-hydrogen) atoms. The van der Waals surface area contributed by atoms with Crippen LogP contribution in [0.4, 0.5) is 0 Å². The second-order valence-electron chi connectivity index (χ2n) is 3.51. The van der Waals surface area contributed by atoms with Gasteiger partial charge in [0.25, 0.3) is 0 Å². The predicted octanol–water partition coefficient (Wildman–Crippen LogP) is 1.19. The van der Waals surface area contributed by atoms with Gasteiger partial charge in [0.1, 0.15) is 5.00 Å². The van der Waals surface area contributed by atoms with Gasteiger partial charge in [0.15, 0.2) is 0 Å². The first-order valence-corrected chi connectivity index (χ1v) is 4.71. The third-order valence-electron chi connectivity index (χ3n) is 2.29. The van der Waals surface area contributed by atoms with Gasteiger partial charge in [-0.3, -0.25) is 0 Å². The smallest absolute Gasteiger partial charge is 0.128 e. The highest BCUT2D eigenvalue weighted by atomic mass is 35.5. The highest BCUT2D eigenvalue weighted by Crippen LogP contribution is 2.27. The number of H-pyrrole nitrogens is 1. The molecular formula is C10H12ClN3. The fourth-order valence-corrected chi connectivity index (χ4v) is 1.55. The minimum absolute atomic E-state index is 0.624. The zero-order chi connectivity index (χ0) is 10.2. The number of nitrogens with one attached hydrogen (secondary N) is 1. The van der Waals surface area contributed by atoms with Gasteiger partial charge in [0, 0.05) is 11.9 Å². The molecule has 1 aromatic heterocycles. The van der Waals surface area contributed by atoms with Crippen LogP contribution in [0, 0.1) is 0 Å². The number of aromatic nitrogens is 1. The summed E-state index contributed by atoms with van der Waals surface area (Å²) in [6, 6.07) is 3.82. The first kappa shape index (κ1) is 9.52. The van der Waals surface area contributed by atoms with E-state index in [2.05, 4.69) is 4.98 Å². The molecule has 0 amide bonds. The second-order valence-corrected chi connectivity index (χ2v) is 4.17. The molecule has 5 N–H and O–H groups in total. The highest BCUT2D eigenvalue weighted by molar-refractivity contribution is 6.26. The number of aromatic amines is 1. The molecule has 0 radical (unpaired) electrons. The zero-order valence-corrected chi connectivity index (χ0v) is 8.33. The van der Waals surface area contributed by atoms with E-state index in [4.69, 9.17) is 23.1 Å². The lowest BCUT2D eigenvalue weighted by molar-refractivity contribution is 0.660. The molecule has 74 valence electrons. The summed E-state index contributed by atoms with van der Waals surface area (Å²) >= 11 is 5.90. The van der Waals surface area contributed by atoms with Crippen molar-refractivity contribution < 1.29 is 0 Å². The minimum Gasteiger partial charge on any atom is -0.363 e. The molecule has 4 heteroatoms. The Morgan fingerprint density at radius 3 is 2.29 bits per heavy atom. The van der Waals surface area contributed by atoms with E-state index in [0.717, 1.165) is 5.69 Å². The largest absolute Gasteiger partial charge is 0.363 e. The average Bonchev–Trinajstić information content (AvgIpc) is 2.64. The van der Waals surface area contributed by atoms with Gasteiger partial charge in [0.2, 0.25) is 0 Å². The van der Waals surface area contributed by atoms with Crippen molar-refractivity contribution in [3.05, 3.63) is 48.3 Å². The summed E-state index contributed by atoms with van der Waals surface area (Å²) in [5.41, 5.74) is 12.1. The molecule has 1 aliphatic rings. The standard InChI is InChI=1S/C10H12ClN3/c11-10(13)5-3-9(12,4-6-10)8-2-1-7-14-8/h1-7,14H,12-13H2. The highest BCUT2D eigenvalue weighted by Gasteiger charge is 2.28. The third kappa shape index (κ3) is 1.62. The Bertz CT molecular complexity index is 360. The molecular weight excluding hydrogens is 198 g/mol. The fraction of sp³-hybridized carbons (Fsp3) is 0.200. The Morgan fingerprint density at radius 2 is 1.79 bits per heavy atom. The zero-order valence-electron chi connectivity index (χ0n) is 7.57. The van der Waals surface area contributed by atoms with Crippen LogP contribution >= 0.6 is 11.6 Å². The van der Waals surface area contributed by atoms with Crippen molar-refractivity contribution in [2.75, 3.05) is 0 Å². The maximum atomic E-state index is 6.13. The SMILES string of the molecule is NC1(Cl)C=CC(N)(c2ccc[nH]2)C=C1. The number of hydrogen-bond donors (Lipinski definition) is 3. The van der Waals surface area contributed by atoms with Crippen LogP contribution in [0.25, 0.3) is 0 Å². The molecule has 0 unspecified atom stereocenters. The molecule has 0 bridgehead atoms. The lowest BCUT2D eigenvalue weighted by Crippen LogP contribution is -2.39. The number of alkyl halides is 1. The molecule has 0 spiro atoms. The Kier molecular flexibility index (Phi) is 2.03. The number of nitrogens with two attached hydrogens (primary N) is 2. The summed E-state index contributed by atoms with van der Waals surface area (Å²) in [7, 11) is 0. The van der Waals surface area contributed by atoms with Gasteiger partial charge >= 0.3 is 0 Å². The Balaban J connectivity index is 2.34. The molecule has 2 rings (SSSR count). The van der Waals surface area contributed by atoms with E-state index < -0.39 is 10.5 Å². The fourth-order valence-electron chi connectivity index (χ4n) is 1.42.